The van der Waals surface area contributed by atoms with Crippen LogP contribution in [0.25, 0.3) is 0 Å². The number of benzene rings is 2. The van der Waals surface area contributed by atoms with Crippen molar-refractivity contribution in [2.45, 2.75) is 32.8 Å². The fourth-order valence-corrected chi connectivity index (χ4v) is 1.81. The highest BCUT2D eigenvalue weighted by atomic mass is 16.5. The predicted octanol–water partition coefficient (Wildman–Crippen LogP) is 4.27. The Hall–Kier alpha value is -1.96. The quantitative estimate of drug-likeness (QED) is 0.888. The second kappa shape index (κ2) is 5.35. The molecule has 100 valence electrons. The van der Waals surface area contributed by atoms with Gasteiger partial charge in [-0.25, -0.2) is 0 Å². The zero-order valence-electron chi connectivity index (χ0n) is 11.7. The summed E-state index contributed by atoms with van der Waals surface area (Å²) in [4.78, 5) is 0. The molecule has 0 saturated carbocycles. The lowest BCUT2D eigenvalue weighted by atomic mass is 9.87. The molecule has 0 bridgehead atoms. The van der Waals surface area contributed by atoms with Crippen molar-refractivity contribution in [2.24, 2.45) is 0 Å². The fraction of sp³-hybridized carbons (Fsp3) is 0.294. The Balaban J connectivity index is 1.98. The average molecular weight is 256 g/mol. The van der Waals surface area contributed by atoms with Crippen LogP contribution in [0.15, 0.2) is 48.5 Å². The highest BCUT2D eigenvalue weighted by Crippen LogP contribution is 2.24. The van der Waals surface area contributed by atoms with E-state index in [2.05, 4.69) is 32.9 Å². The Kier molecular flexibility index (Phi) is 3.79. The molecular formula is C17H20O2. The van der Waals surface area contributed by atoms with Gasteiger partial charge in [0.2, 0.25) is 0 Å². The van der Waals surface area contributed by atoms with Gasteiger partial charge in [0.25, 0.3) is 0 Å². The van der Waals surface area contributed by atoms with Crippen LogP contribution in [0, 0.1) is 0 Å². The van der Waals surface area contributed by atoms with Gasteiger partial charge in [0, 0.05) is 0 Å². The molecular weight excluding hydrogens is 236 g/mol. The molecule has 1 N–H and O–H groups in total. The number of rotatable bonds is 3. The Morgan fingerprint density at radius 3 is 2.00 bits per heavy atom. The van der Waals surface area contributed by atoms with Crippen LogP contribution in [0.4, 0.5) is 0 Å². The molecule has 0 heterocycles. The molecule has 0 unspecified atom stereocenters. The van der Waals surface area contributed by atoms with Crippen LogP contribution in [0.1, 0.15) is 31.9 Å². The number of aromatic hydroxyl groups is 1. The van der Waals surface area contributed by atoms with Crippen LogP contribution >= 0.6 is 0 Å². The molecule has 0 atom stereocenters. The van der Waals surface area contributed by atoms with Crippen LogP contribution in [-0.4, -0.2) is 5.11 Å². The molecule has 0 aliphatic carbocycles. The molecule has 0 aromatic heterocycles. The van der Waals surface area contributed by atoms with E-state index in [4.69, 9.17) is 4.74 Å². The van der Waals surface area contributed by atoms with Crippen molar-refractivity contribution in [3.63, 3.8) is 0 Å². The topological polar surface area (TPSA) is 29.5 Å². The van der Waals surface area contributed by atoms with Crippen LogP contribution in [0.3, 0.4) is 0 Å². The molecule has 0 radical (unpaired) electrons. The minimum absolute atomic E-state index is 0.162. The van der Waals surface area contributed by atoms with E-state index in [0.29, 0.717) is 6.61 Å². The molecule has 2 rings (SSSR count). The second-order valence-corrected chi connectivity index (χ2v) is 5.73. The van der Waals surface area contributed by atoms with Gasteiger partial charge in [0.15, 0.2) is 0 Å². The summed E-state index contributed by atoms with van der Waals surface area (Å²) in [5, 5.41) is 9.21. The first-order valence-electron chi connectivity index (χ1n) is 6.46. The van der Waals surface area contributed by atoms with Crippen molar-refractivity contribution in [2.75, 3.05) is 0 Å². The van der Waals surface area contributed by atoms with Gasteiger partial charge < -0.3 is 9.84 Å². The van der Waals surface area contributed by atoms with Crippen LogP contribution in [-0.2, 0) is 12.0 Å². The number of hydrogen-bond donors (Lipinski definition) is 1. The van der Waals surface area contributed by atoms with Gasteiger partial charge >= 0.3 is 0 Å². The van der Waals surface area contributed by atoms with E-state index >= 15 is 0 Å². The maximum atomic E-state index is 9.21. The lowest BCUT2D eigenvalue weighted by molar-refractivity contribution is 0.306. The predicted molar refractivity (Wildman–Crippen MR) is 77.6 cm³/mol. The van der Waals surface area contributed by atoms with Gasteiger partial charge in [-0.15, -0.1) is 0 Å². The molecule has 0 fully saturated rings. The summed E-state index contributed by atoms with van der Waals surface area (Å²) < 4.78 is 5.72. The lowest BCUT2D eigenvalue weighted by Crippen LogP contribution is -2.10. The van der Waals surface area contributed by atoms with Gasteiger partial charge in [0.05, 0.1) is 0 Å². The van der Waals surface area contributed by atoms with Crippen molar-refractivity contribution in [3.8, 4) is 11.5 Å². The Labute approximate surface area is 114 Å². The van der Waals surface area contributed by atoms with Gasteiger partial charge in [-0.2, -0.15) is 0 Å². The van der Waals surface area contributed by atoms with Gasteiger partial charge in [-0.05, 0) is 40.8 Å². The lowest BCUT2D eigenvalue weighted by Gasteiger charge is -2.19. The van der Waals surface area contributed by atoms with E-state index in [1.807, 2.05) is 24.3 Å². The Bertz CT molecular complexity index is 519. The molecule has 2 nitrogen and oxygen atoms in total. The zero-order chi connectivity index (χ0) is 13.9. The standard InChI is InChI=1S/C17H20O2/c1-17(2,3)14-6-10-16(11-7-14)19-12-13-4-8-15(18)9-5-13/h4-11,18H,12H2,1-3H3. The first-order chi connectivity index (χ1) is 8.95. The SMILES string of the molecule is CC(C)(C)c1ccc(OCc2ccc(O)cc2)cc1. The number of phenols is 1. The van der Waals surface area contributed by atoms with Gasteiger partial charge in [-0.3, -0.25) is 0 Å². The monoisotopic (exact) mass is 256 g/mol. The van der Waals surface area contributed by atoms with E-state index in [9.17, 15) is 5.11 Å². The molecule has 2 aromatic rings. The summed E-state index contributed by atoms with van der Waals surface area (Å²) >= 11 is 0. The minimum atomic E-state index is 0.162. The molecule has 0 aliphatic rings. The van der Waals surface area contributed by atoms with Crippen LogP contribution < -0.4 is 4.74 Å². The van der Waals surface area contributed by atoms with Crippen molar-refractivity contribution in [3.05, 3.63) is 59.7 Å². The third-order valence-corrected chi connectivity index (χ3v) is 3.06. The maximum absolute atomic E-state index is 9.21. The third-order valence-electron chi connectivity index (χ3n) is 3.06. The Morgan fingerprint density at radius 2 is 1.47 bits per heavy atom. The molecule has 19 heavy (non-hydrogen) atoms. The summed E-state index contributed by atoms with van der Waals surface area (Å²) in [6, 6.07) is 15.3. The van der Waals surface area contributed by atoms with E-state index in [1.165, 1.54) is 5.56 Å². The Morgan fingerprint density at radius 1 is 0.895 bits per heavy atom. The summed E-state index contributed by atoms with van der Waals surface area (Å²) in [7, 11) is 0. The maximum Gasteiger partial charge on any atom is 0.119 e. The highest BCUT2D eigenvalue weighted by Gasteiger charge is 2.12. The number of ether oxygens (including phenoxy) is 1. The number of hydrogen-bond acceptors (Lipinski definition) is 2. The van der Waals surface area contributed by atoms with Crippen LogP contribution in [0.2, 0.25) is 0 Å². The molecule has 2 heteroatoms. The van der Waals surface area contributed by atoms with Crippen molar-refractivity contribution in [1.82, 2.24) is 0 Å². The zero-order valence-corrected chi connectivity index (χ0v) is 11.7. The normalized spacial score (nSPS) is 11.3. The van der Waals surface area contributed by atoms with E-state index in [0.717, 1.165) is 11.3 Å². The van der Waals surface area contributed by atoms with E-state index < -0.39 is 0 Å². The summed E-state index contributed by atoms with van der Waals surface area (Å²) in [5.74, 6) is 1.14. The molecule has 0 aliphatic heterocycles. The van der Waals surface area contributed by atoms with Gasteiger partial charge in [0.1, 0.15) is 18.1 Å². The molecule has 2 aromatic carbocycles. The largest absolute Gasteiger partial charge is 0.508 e. The third kappa shape index (κ3) is 3.75. The van der Waals surface area contributed by atoms with E-state index in [1.54, 1.807) is 12.1 Å². The van der Waals surface area contributed by atoms with Crippen molar-refractivity contribution < 1.29 is 9.84 Å². The summed E-state index contributed by atoms with van der Waals surface area (Å²) in [5.41, 5.74) is 2.50. The van der Waals surface area contributed by atoms with Crippen molar-refractivity contribution >= 4 is 0 Å². The smallest absolute Gasteiger partial charge is 0.119 e. The van der Waals surface area contributed by atoms with Gasteiger partial charge in [-0.1, -0.05) is 45.0 Å². The molecule has 0 spiro atoms. The summed E-state index contributed by atoms with van der Waals surface area (Å²) in [6.45, 7) is 7.09. The average Bonchev–Trinajstić information content (AvgIpc) is 2.37. The fourth-order valence-electron chi connectivity index (χ4n) is 1.81. The summed E-state index contributed by atoms with van der Waals surface area (Å²) in [6.07, 6.45) is 0. The van der Waals surface area contributed by atoms with Crippen LogP contribution in [0.5, 0.6) is 11.5 Å². The van der Waals surface area contributed by atoms with Crippen molar-refractivity contribution in [1.29, 1.82) is 0 Å². The highest BCUT2D eigenvalue weighted by molar-refractivity contribution is 5.31. The first-order valence-corrected chi connectivity index (χ1v) is 6.46. The van der Waals surface area contributed by atoms with E-state index in [-0.39, 0.29) is 11.2 Å². The molecule has 0 saturated heterocycles. The number of phenolic OH excluding ortho intramolecular Hbond substituents is 1. The second-order valence-electron chi connectivity index (χ2n) is 5.73. The minimum Gasteiger partial charge on any atom is -0.508 e. The molecule has 0 amide bonds. The first kappa shape index (κ1) is 13.5.